The Hall–Kier alpha value is -3.58. The molecule has 0 saturated heterocycles. The van der Waals surface area contributed by atoms with Crippen LogP contribution in [0.1, 0.15) is 10.5 Å². The van der Waals surface area contributed by atoms with E-state index in [1.54, 1.807) is 41.7 Å². The average molecular weight is 422 g/mol. The number of aliphatic imine (C=N–C) groups is 1. The van der Waals surface area contributed by atoms with E-state index in [1.807, 2.05) is 30.5 Å². The first-order valence-corrected chi connectivity index (χ1v) is 9.44. The summed E-state index contributed by atoms with van der Waals surface area (Å²) < 4.78 is 15.3. The quantitative estimate of drug-likeness (QED) is 0.357. The van der Waals surface area contributed by atoms with Crippen LogP contribution in [-0.2, 0) is 0 Å². The molecule has 0 atom stereocenters. The largest absolute Gasteiger partial charge is 0.369 e. The van der Waals surface area contributed by atoms with Gasteiger partial charge in [-0.2, -0.15) is 4.99 Å². The number of hydrogen-bond acceptors (Lipinski definition) is 3. The van der Waals surface area contributed by atoms with Crippen LogP contribution < -0.4 is 0 Å². The number of amides is 1. The predicted molar refractivity (Wildman–Crippen MR) is 115 cm³/mol. The molecule has 1 amide bonds. The number of carbonyl (C=O) groups excluding carboxylic acids is 1. The maximum Gasteiger partial charge on any atom is 0.296 e. The highest BCUT2D eigenvalue weighted by Crippen LogP contribution is 2.32. The van der Waals surface area contributed by atoms with E-state index in [9.17, 15) is 9.18 Å². The summed E-state index contributed by atoms with van der Waals surface area (Å²) in [5.74, 6) is -0.885. The lowest BCUT2D eigenvalue weighted by molar-refractivity contribution is 0.0997. The highest BCUT2D eigenvalue weighted by molar-refractivity contribution is 6.31. The lowest BCUT2D eigenvalue weighted by atomic mass is 10.0. The number of carbonyl (C=O) groups is 1. The van der Waals surface area contributed by atoms with E-state index >= 15 is 0 Å². The SMILES string of the molecule is CN(C)/C=N\C(=O)c1cnc2ccc(-c3cccnc3-c3ccc(F)c(Cl)c3)cn12. The minimum Gasteiger partial charge on any atom is -0.369 e. The molecule has 0 unspecified atom stereocenters. The third-order valence-electron chi connectivity index (χ3n) is 4.44. The lowest BCUT2D eigenvalue weighted by Crippen LogP contribution is -2.10. The van der Waals surface area contributed by atoms with Crippen molar-refractivity contribution in [2.75, 3.05) is 14.1 Å². The second-order valence-corrected chi connectivity index (χ2v) is 7.24. The molecule has 3 heterocycles. The Morgan fingerprint density at radius 2 is 1.97 bits per heavy atom. The second kappa shape index (κ2) is 8.04. The predicted octanol–water partition coefficient (Wildman–Crippen LogP) is 4.59. The summed E-state index contributed by atoms with van der Waals surface area (Å²) in [7, 11) is 3.57. The van der Waals surface area contributed by atoms with Crippen molar-refractivity contribution in [3.8, 4) is 22.4 Å². The first-order valence-electron chi connectivity index (χ1n) is 9.07. The molecule has 4 rings (SSSR count). The Balaban J connectivity index is 1.82. The number of benzene rings is 1. The smallest absolute Gasteiger partial charge is 0.296 e. The monoisotopic (exact) mass is 421 g/mol. The van der Waals surface area contributed by atoms with Crippen LogP contribution in [0.25, 0.3) is 28.0 Å². The molecule has 4 aromatic rings. The maximum absolute atomic E-state index is 13.6. The van der Waals surface area contributed by atoms with Gasteiger partial charge in [0.05, 0.1) is 23.3 Å². The highest BCUT2D eigenvalue weighted by atomic mass is 35.5. The summed E-state index contributed by atoms with van der Waals surface area (Å²) in [5, 5.41) is 0.0285. The van der Waals surface area contributed by atoms with Gasteiger partial charge in [0.1, 0.15) is 17.2 Å². The molecule has 0 aliphatic rings. The number of fused-ring (bicyclic) bond motifs is 1. The van der Waals surface area contributed by atoms with Gasteiger partial charge in [0.2, 0.25) is 0 Å². The molecule has 1 aromatic carbocycles. The Morgan fingerprint density at radius 3 is 2.73 bits per heavy atom. The van der Waals surface area contributed by atoms with Gasteiger partial charge in [0.25, 0.3) is 5.91 Å². The van der Waals surface area contributed by atoms with Gasteiger partial charge in [-0.3, -0.25) is 14.2 Å². The third-order valence-corrected chi connectivity index (χ3v) is 4.73. The van der Waals surface area contributed by atoms with Crippen LogP contribution in [0.4, 0.5) is 4.39 Å². The van der Waals surface area contributed by atoms with Crippen LogP contribution in [0, 0.1) is 5.82 Å². The van der Waals surface area contributed by atoms with E-state index in [0.717, 1.165) is 11.1 Å². The molecule has 150 valence electrons. The van der Waals surface area contributed by atoms with E-state index in [4.69, 9.17) is 11.6 Å². The number of pyridine rings is 2. The van der Waals surface area contributed by atoms with Gasteiger partial charge in [-0.05, 0) is 36.4 Å². The lowest BCUT2D eigenvalue weighted by Gasteiger charge is -2.10. The third kappa shape index (κ3) is 3.79. The molecule has 0 N–H and O–H groups in total. The molecular weight excluding hydrogens is 405 g/mol. The van der Waals surface area contributed by atoms with Crippen LogP contribution in [0.2, 0.25) is 5.02 Å². The second-order valence-electron chi connectivity index (χ2n) is 6.83. The highest BCUT2D eigenvalue weighted by Gasteiger charge is 2.15. The first-order chi connectivity index (χ1) is 14.4. The number of rotatable bonds is 4. The van der Waals surface area contributed by atoms with Crippen LogP contribution >= 0.6 is 11.6 Å². The van der Waals surface area contributed by atoms with E-state index in [2.05, 4.69) is 15.0 Å². The molecule has 30 heavy (non-hydrogen) atoms. The molecule has 0 fully saturated rings. The summed E-state index contributed by atoms with van der Waals surface area (Å²) >= 11 is 5.96. The molecule has 0 bridgehead atoms. The van der Waals surface area contributed by atoms with Gasteiger partial charge >= 0.3 is 0 Å². The van der Waals surface area contributed by atoms with Crippen molar-refractivity contribution in [2.45, 2.75) is 0 Å². The van der Waals surface area contributed by atoms with Crippen molar-refractivity contribution in [1.29, 1.82) is 0 Å². The van der Waals surface area contributed by atoms with Gasteiger partial charge in [0.15, 0.2) is 0 Å². The summed E-state index contributed by atoms with van der Waals surface area (Å²) in [6.07, 6.45) is 6.42. The molecule has 0 radical (unpaired) electrons. The van der Waals surface area contributed by atoms with Gasteiger partial charge in [-0.15, -0.1) is 0 Å². The van der Waals surface area contributed by atoms with Crippen molar-refractivity contribution in [3.05, 3.63) is 77.6 Å². The fourth-order valence-corrected chi connectivity index (χ4v) is 3.22. The summed E-state index contributed by atoms with van der Waals surface area (Å²) in [6.45, 7) is 0. The molecule has 0 aliphatic carbocycles. The van der Waals surface area contributed by atoms with Crippen LogP contribution in [0.3, 0.4) is 0 Å². The minimum atomic E-state index is -0.487. The zero-order valence-corrected chi connectivity index (χ0v) is 17.0. The number of halogens is 2. The minimum absolute atomic E-state index is 0.0285. The number of aromatic nitrogens is 3. The Labute approximate surface area is 177 Å². The number of imidazole rings is 1. The van der Waals surface area contributed by atoms with E-state index in [1.165, 1.54) is 18.6 Å². The topological polar surface area (TPSA) is 62.9 Å². The summed E-state index contributed by atoms with van der Waals surface area (Å²) in [4.78, 5) is 26.9. The van der Waals surface area contributed by atoms with Crippen molar-refractivity contribution in [3.63, 3.8) is 0 Å². The molecule has 0 spiro atoms. The van der Waals surface area contributed by atoms with Crippen LogP contribution in [0.5, 0.6) is 0 Å². The Kier molecular flexibility index (Phi) is 5.29. The van der Waals surface area contributed by atoms with Crippen molar-refractivity contribution in [2.24, 2.45) is 4.99 Å². The van der Waals surface area contributed by atoms with E-state index in [0.29, 0.717) is 22.6 Å². The standard InChI is InChI=1S/C22H17ClFN5O/c1-28(2)13-27-22(30)19-11-26-20-8-6-15(12-29(19)20)16-4-3-9-25-21(16)14-5-7-18(24)17(23)10-14/h3-13H,1-2H3/b27-13-. The van der Waals surface area contributed by atoms with Crippen LogP contribution in [-0.4, -0.2) is 45.6 Å². The Bertz CT molecular complexity index is 1280. The summed E-state index contributed by atoms with van der Waals surface area (Å²) in [5.41, 5.74) is 3.94. The molecule has 6 nitrogen and oxygen atoms in total. The first kappa shape index (κ1) is 19.7. The maximum atomic E-state index is 13.6. The molecular formula is C22H17ClFN5O. The van der Waals surface area contributed by atoms with E-state index < -0.39 is 11.7 Å². The number of hydrogen-bond donors (Lipinski definition) is 0. The van der Waals surface area contributed by atoms with Gasteiger partial charge < -0.3 is 4.90 Å². The molecule has 0 saturated carbocycles. The molecule has 0 aliphatic heterocycles. The molecule has 8 heteroatoms. The Morgan fingerprint density at radius 1 is 1.17 bits per heavy atom. The van der Waals surface area contributed by atoms with Gasteiger partial charge in [-0.1, -0.05) is 17.7 Å². The molecule has 3 aromatic heterocycles. The van der Waals surface area contributed by atoms with Crippen molar-refractivity contribution in [1.82, 2.24) is 19.3 Å². The van der Waals surface area contributed by atoms with E-state index in [-0.39, 0.29) is 5.02 Å². The fourth-order valence-electron chi connectivity index (χ4n) is 3.04. The van der Waals surface area contributed by atoms with Gasteiger partial charge in [0, 0.05) is 43.2 Å². The van der Waals surface area contributed by atoms with Crippen molar-refractivity contribution < 1.29 is 9.18 Å². The summed E-state index contributed by atoms with van der Waals surface area (Å²) in [6, 6.07) is 11.9. The number of nitrogens with zero attached hydrogens (tertiary/aromatic N) is 5. The zero-order valence-electron chi connectivity index (χ0n) is 16.3. The fraction of sp³-hybridized carbons (Fsp3) is 0.0909. The van der Waals surface area contributed by atoms with Gasteiger partial charge in [-0.25, -0.2) is 9.37 Å². The zero-order chi connectivity index (χ0) is 21.3. The van der Waals surface area contributed by atoms with Crippen molar-refractivity contribution >= 4 is 29.5 Å². The normalized spacial score (nSPS) is 11.3. The van der Waals surface area contributed by atoms with Crippen LogP contribution in [0.15, 0.2) is 66.0 Å². The average Bonchev–Trinajstić information content (AvgIpc) is 3.17.